The van der Waals surface area contributed by atoms with E-state index in [1.54, 1.807) is 18.2 Å². The van der Waals surface area contributed by atoms with Crippen molar-refractivity contribution < 1.29 is 14.4 Å². The molecule has 2 saturated carbocycles. The first-order chi connectivity index (χ1) is 13.0. The molecule has 1 aromatic carbocycles. The van der Waals surface area contributed by atoms with Gasteiger partial charge in [0.05, 0.1) is 16.9 Å². The van der Waals surface area contributed by atoms with Crippen molar-refractivity contribution in [2.75, 3.05) is 11.9 Å². The number of carbonyl (C=O) groups is 3. The molecule has 7 heteroatoms. The third-order valence-electron chi connectivity index (χ3n) is 6.52. The van der Waals surface area contributed by atoms with E-state index in [4.69, 9.17) is 11.6 Å². The maximum Gasteiger partial charge on any atom is 0.233 e. The summed E-state index contributed by atoms with van der Waals surface area (Å²) in [5, 5.41) is 3.27. The molecule has 27 heavy (non-hydrogen) atoms. The molecule has 5 nitrogen and oxygen atoms in total. The third kappa shape index (κ3) is 2.68. The average molecular weight is 450 g/mol. The molecule has 1 heterocycles. The molecule has 1 N–H and O–H groups in total. The summed E-state index contributed by atoms with van der Waals surface area (Å²) in [4.78, 5) is 39.3. The Morgan fingerprint density at radius 1 is 1.15 bits per heavy atom. The molecule has 4 aliphatic carbocycles. The van der Waals surface area contributed by atoms with Gasteiger partial charge < -0.3 is 5.32 Å². The lowest BCUT2D eigenvalue weighted by molar-refractivity contribution is -0.140. The van der Waals surface area contributed by atoms with Crippen LogP contribution in [-0.4, -0.2) is 29.2 Å². The number of nitrogens with one attached hydrogen (secondary N) is 1. The Bertz CT molecular complexity index is 865. The zero-order chi connectivity index (χ0) is 18.9. The highest BCUT2D eigenvalue weighted by Crippen LogP contribution is 2.65. The summed E-state index contributed by atoms with van der Waals surface area (Å²) in [6.45, 7) is 0.134. The quantitative estimate of drug-likeness (QED) is 0.565. The number of benzene rings is 1. The highest BCUT2D eigenvalue weighted by molar-refractivity contribution is 9.10. The number of likely N-dealkylation sites (tertiary alicyclic amines) is 1. The van der Waals surface area contributed by atoms with E-state index in [-0.39, 0.29) is 54.4 Å². The van der Waals surface area contributed by atoms with Gasteiger partial charge in [-0.15, -0.1) is 0 Å². The lowest BCUT2D eigenvalue weighted by atomic mass is 9.63. The molecule has 0 aromatic heterocycles. The number of allylic oxidation sites excluding steroid dienone is 2. The second-order valence-electron chi connectivity index (χ2n) is 7.91. The summed E-state index contributed by atoms with van der Waals surface area (Å²) < 4.78 is 0.749. The maximum absolute atomic E-state index is 12.9. The van der Waals surface area contributed by atoms with E-state index in [2.05, 4.69) is 33.4 Å². The monoisotopic (exact) mass is 448 g/mol. The Morgan fingerprint density at radius 2 is 1.78 bits per heavy atom. The predicted octanol–water partition coefficient (Wildman–Crippen LogP) is 3.48. The van der Waals surface area contributed by atoms with Crippen molar-refractivity contribution in [2.24, 2.45) is 35.5 Å². The van der Waals surface area contributed by atoms with Crippen LogP contribution in [0.1, 0.15) is 12.8 Å². The minimum atomic E-state index is -0.243. The van der Waals surface area contributed by atoms with E-state index < -0.39 is 0 Å². The Kier molecular flexibility index (Phi) is 3.99. The van der Waals surface area contributed by atoms with Crippen LogP contribution in [0.25, 0.3) is 0 Å². The molecule has 6 atom stereocenters. The van der Waals surface area contributed by atoms with Crippen molar-refractivity contribution in [3.05, 3.63) is 39.8 Å². The fourth-order valence-electron chi connectivity index (χ4n) is 5.25. The first-order valence-corrected chi connectivity index (χ1v) is 10.4. The molecular formula is C20H18BrClN2O3. The lowest BCUT2D eigenvalue weighted by Crippen LogP contribution is -2.40. The first-order valence-electron chi connectivity index (χ1n) is 9.24. The molecule has 0 spiro atoms. The number of hydrogen-bond acceptors (Lipinski definition) is 3. The Labute approximate surface area is 170 Å². The van der Waals surface area contributed by atoms with Gasteiger partial charge in [-0.3, -0.25) is 19.3 Å². The van der Waals surface area contributed by atoms with Gasteiger partial charge >= 0.3 is 0 Å². The normalized spacial score (nSPS) is 35.3. The van der Waals surface area contributed by atoms with Crippen LogP contribution in [0, 0.1) is 35.5 Å². The molecule has 2 bridgehead atoms. The van der Waals surface area contributed by atoms with Crippen molar-refractivity contribution in [1.82, 2.24) is 4.90 Å². The van der Waals surface area contributed by atoms with E-state index in [0.29, 0.717) is 22.5 Å². The van der Waals surface area contributed by atoms with Crippen LogP contribution in [-0.2, 0) is 14.4 Å². The summed E-state index contributed by atoms with van der Waals surface area (Å²) in [6.07, 6.45) is 5.53. The molecule has 3 amide bonds. The molecule has 0 unspecified atom stereocenters. The summed E-state index contributed by atoms with van der Waals surface area (Å²) in [7, 11) is 0. The number of carbonyl (C=O) groups excluding carboxylic acids is 3. The summed E-state index contributed by atoms with van der Waals surface area (Å²) in [5.41, 5.74) is 0.586. The third-order valence-corrected chi connectivity index (χ3v) is 7.75. The van der Waals surface area contributed by atoms with E-state index >= 15 is 0 Å². The van der Waals surface area contributed by atoms with Crippen molar-refractivity contribution in [2.45, 2.75) is 12.8 Å². The first kappa shape index (κ1) is 17.4. The molecule has 1 aliphatic heterocycles. The van der Waals surface area contributed by atoms with Crippen LogP contribution in [0.3, 0.4) is 0 Å². The number of rotatable bonds is 4. The number of imide groups is 1. The van der Waals surface area contributed by atoms with E-state index in [1.165, 1.54) is 4.90 Å². The van der Waals surface area contributed by atoms with Gasteiger partial charge in [0.25, 0.3) is 0 Å². The Balaban J connectivity index is 1.24. The van der Waals surface area contributed by atoms with Crippen LogP contribution in [0.15, 0.2) is 34.8 Å². The molecule has 6 rings (SSSR count). The maximum atomic E-state index is 12.9. The molecule has 3 fully saturated rings. The Hall–Kier alpha value is -1.66. The van der Waals surface area contributed by atoms with Crippen LogP contribution in [0.5, 0.6) is 0 Å². The smallest absolute Gasteiger partial charge is 0.233 e. The average Bonchev–Trinajstić information content (AvgIpc) is 3.42. The van der Waals surface area contributed by atoms with Gasteiger partial charge in [-0.1, -0.05) is 23.8 Å². The number of anilines is 1. The van der Waals surface area contributed by atoms with Crippen LogP contribution >= 0.6 is 27.5 Å². The second-order valence-corrected chi connectivity index (χ2v) is 9.17. The topological polar surface area (TPSA) is 66.5 Å². The molecule has 5 aliphatic rings. The summed E-state index contributed by atoms with van der Waals surface area (Å²) in [5.74, 6) is 0.771. The van der Waals surface area contributed by atoms with Crippen molar-refractivity contribution in [1.29, 1.82) is 0 Å². The molecule has 0 radical (unpaired) electrons. The van der Waals surface area contributed by atoms with Crippen molar-refractivity contribution in [3.63, 3.8) is 0 Å². The lowest BCUT2D eigenvalue weighted by Gasteiger charge is -2.37. The van der Waals surface area contributed by atoms with Gasteiger partial charge in [0.2, 0.25) is 17.7 Å². The van der Waals surface area contributed by atoms with Crippen molar-refractivity contribution in [3.8, 4) is 0 Å². The van der Waals surface area contributed by atoms with Crippen molar-refractivity contribution >= 4 is 50.9 Å². The molecule has 1 aromatic rings. The van der Waals surface area contributed by atoms with Gasteiger partial charge in [0.1, 0.15) is 0 Å². The van der Waals surface area contributed by atoms with Crippen LogP contribution < -0.4 is 5.32 Å². The number of amides is 3. The van der Waals surface area contributed by atoms with E-state index in [1.807, 2.05) is 0 Å². The van der Waals surface area contributed by atoms with Gasteiger partial charge in [-0.05, 0) is 64.2 Å². The SMILES string of the molecule is O=C(CCN1C(=O)[C@@H]2[C@H]3C=C[C@@H]([C@@H]4C[C@H]34)[C@@H]2C1=O)Nc1ccc(Br)c(Cl)c1. The molecule has 140 valence electrons. The molecular weight excluding hydrogens is 432 g/mol. The standard InChI is InChI=1S/C20H18BrClN2O3/c21-14-4-1-9(7-15(14)22)23-16(25)5-6-24-19(26)17-10-2-3-11(13-8-12(10)13)18(17)20(24)27/h1-4,7,10-13,17-18H,5-6,8H2,(H,23,25)/t10-,11-,12-,13+,17-,18+/m0/s1. The minimum Gasteiger partial charge on any atom is -0.326 e. The van der Waals surface area contributed by atoms with Crippen LogP contribution in [0.2, 0.25) is 5.02 Å². The fourth-order valence-corrected chi connectivity index (χ4v) is 5.68. The van der Waals surface area contributed by atoms with E-state index in [9.17, 15) is 14.4 Å². The largest absolute Gasteiger partial charge is 0.326 e. The summed E-state index contributed by atoms with van der Waals surface area (Å²) in [6, 6.07) is 5.15. The van der Waals surface area contributed by atoms with Gasteiger partial charge in [0, 0.05) is 23.1 Å². The second kappa shape index (κ2) is 6.17. The number of nitrogens with zero attached hydrogens (tertiary/aromatic N) is 1. The zero-order valence-electron chi connectivity index (χ0n) is 14.4. The molecule has 1 saturated heterocycles. The summed E-state index contributed by atoms with van der Waals surface area (Å²) >= 11 is 9.34. The number of halogens is 2. The highest BCUT2D eigenvalue weighted by Gasteiger charge is 2.66. The van der Waals surface area contributed by atoms with Gasteiger partial charge in [0.15, 0.2) is 0 Å². The van der Waals surface area contributed by atoms with E-state index in [0.717, 1.165) is 10.9 Å². The highest BCUT2D eigenvalue weighted by atomic mass is 79.9. The van der Waals surface area contributed by atoms with Gasteiger partial charge in [-0.25, -0.2) is 0 Å². The minimum absolute atomic E-state index is 0.0836. The number of hydrogen-bond donors (Lipinski definition) is 1. The van der Waals surface area contributed by atoms with Gasteiger partial charge in [-0.2, -0.15) is 0 Å². The fraction of sp³-hybridized carbons (Fsp3) is 0.450. The predicted molar refractivity (Wildman–Crippen MR) is 104 cm³/mol. The van der Waals surface area contributed by atoms with Crippen LogP contribution in [0.4, 0.5) is 5.69 Å². The Morgan fingerprint density at radius 3 is 2.37 bits per heavy atom. The zero-order valence-corrected chi connectivity index (χ0v) is 16.7.